The average Bonchev–Trinajstić information content (AvgIpc) is 3.26. The zero-order chi connectivity index (χ0) is 18.3. The van der Waals surface area contributed by atoms with Crippen LogP contribution >= 0.6 is 11.3 Å². The maximum absolute atomic E-state index is 14.7. The van der Waals surface area contributed by atoms with E-state index in [2.05, 4.69) is 25.4 Å². The zero-order valence-electron chi connectivity index (χ0n) is 13.9. The van der Waals surface area contributed by atoms with Crippen molar-refractivity contribution in [3.05, 3.63) is 46.6 Å². The van der Waals surface area contributed by atoms with E-state index in [9.17, 15) is 8.78 Å². The number of aromatic amines is 1. The second kappa shape index (κ2) is 6.50. The van der Waals surface area contributed by atoms with Gasteiger partial charge in [-0.1, -0.05) is 6.07 Å². The van der Waals surface area contributed by atoms with Crippen LogP contribution in [0.5, 0.6) is 0 Å². The maximum Gasteiger partial charge on any atom is 0.162 e. The van der Waals surface area contributed by atoms with Gasteiger partial charge in [0.15, 0.2) is 22.7 Å². The number of rotatable bonds is 4. The molecule has 0 bridgehead atoms. The first kappa shape index (κ1) is 16.7. The summed E-state index contributed by atoms with van der Waals surface area (Å²) in [5, 5.41) is 10.4. The Kier molecular flexibility index (Phi) is 4.17. The Morgan fingerprint density at radius 1 is 1.12 bits per heavy atom. The van der Waals surface area contributed by atoms with Gasteiger partial charge in [-0.15, -0.1) is 11.3 Å². The number of thiazole rings is 1. The number of nitrogens with zero attached hydrogens (tertiary/aromatic N) is 4. The quantitative estimate of drug-likeness (QED) is 0.588. The van der Waals surface area contributed by atoms with Crippen LogP contribution in [0.4, 0.5) is 8.78 Å². The van der Waals surface area contributed by atoms with Gasteiger partial charge < -0.3 is 4.74 Å². The molecular formula is C17H13F2N5OS. The average molecular weight is 373 g/mol. The molecule has 0 atom stereocenters. The highest BCUT2D eigenvalue weighted by Crippen LogP contribution is 2.32. The van der Waals surface area contributed by atoms with E-state index in [1.54, 1.807) is 19.2 Å². The van der Waals surface area contributed by atoms with Crippen LogP contribution in [0.2, 0.25) is 0 Å². The summed E-state index contributed by atoms with van der Waals surface area (Å²) in [5.74, 6) is -1.32. The van der Waals surface area contributed by atoms with E-state index in [4.69, 9.17) is 4.74 Å². The van der Waals surface area contributed by atoms with Crippen molar-refractivity contribution < 1.29 is 13.5 Å². The topological polar surface area (TPSA) is 76.6 Å². The highest BCUT2D eigenvalue weighted by Gasteiger charge is 2.19. The molecule has 4 rings (SSSR count). The fourth-order valence-corrected chi connectivity index (χ4v) is 3.72. The van der Waals surface area contributed by atoms with Crippen molar-refractivity contribution >= 4 is 22.4 Å². The molecule has 0 fully saturated rings. The van der Waals surface area contributed by atoms with Gasteiger partial charge in [0, 0.05) is 12.7 Å². The summed E-state index contributed by atoms with van der Waals surface area (Å²) in [5.41, 5.74) is 1.51. The lowest BCUT2D eigenvalue weighted by Gasteiger charge is -2.06. The Hall–Kier alpha value is -2.78. The van der Waals surface area contributed by atoms with Crippen LogP contribution in [0.15, 0.2) is 24.3 Å². The molecule has 3 aromatic heterocycles. The molecule has 0 saturated heterocycles. The number of ether oxygens (including phenoxy) is 1. The molecule has 1 N–H and O–H groups in total. The first-order valence-electron chi connectivity index (χ1n) is 7.70. The molecule has 1 aromatic carbocycles. The van der Waals surface area contributed by atoms with E-state index in [1.165, 1.54) is 11.3 Å². The molecular weight excluding hydrogens is 360 g/mol. The molecule has 0 amide bonds. The van der Waals surface area contributed by atoms with Crippen LogP contribution in [0.3, 0.4) is 0 Å². The minimum absolute atomic E-state index is 0.0324. The molecule has 4 aromatic rings. The second-order valence-electron chi connectivity index (χ2n) is 5.60. The summed E-state index contributed by atoms with van der Waals surface area (Å²) in [7, 11) is 1.60. The molecule has 0 radical (unpaired) electrons. The maximum atomic E-state index is 14.7. The third kappa shape index (κ3) is 2.74. The van der Waals surface area contributed by atoms with Crippen LogP contribution in [0, 0.1) is 18.6 Å². The zero-order valence-corrected chi connectivity index (χ0v) is 14.7. The lowest BCUT2D eigenvalue weighted by Crippen LogP contribution is -1.94. The van der Waals surface area contributed by atoms with E-state index in [-0.39, 0.29) is 16.6 Å². The van der Waals surface area contributed by atoms with Crippen molar-refractivity contribution in [1.82, 2.24) is 25.4 Å². The monoisotopic (exact) mass is 373 g/mol. The Morgan fingerprint density at radius 3 is 2.69 bits per heavy atom. The molecule has 0 saturated carbocycles. The lowest BCUT2D eigenvalue weighted by atomic mass is 10.1. The molecule has 3 heterocycles. The molecule has 0 unspecified atom stereocenters. The van der Waals surface area contributed by atoms with Gasteiger partial charge in [-0.3, -0.25) is 0 Å². The van der Waals surface area contributed by atoms with Gasteiger partial charge in [-0.05, 0) is 25.1 Å². The molecule has 0 aliphatic heterocycles. The first-order valence-corrected chi connectivity index (χ1v) is 8.51. The van der Waals surface area contributed by atoms with Gasteiger partial charge in [-0.25, -0.2) is 18.7 Å². The van der Waals surface area contributed by atoms with Crippen molar-refractivity contribution in [2.45, 2.75) is 13.5 Å². The number of H-pyrrole nitrogens is 1. The summed E-state index contributed by atoms with van der Waals surface area (Å²) < 4.78 is 34.0. The van der Waals surface area contributed by atoms with Crippen molar-refractivity contribution in [3.8, 4) is 21.8 Å². The van der Waals surface area contributed by atoms with Crippen LogP contribution in [0.1, 0.15) is 10.7 Å². The molecule has 132 valence electrons. The van der Waals surface area contributed by atoms with Gasteiger partial charge >= 0.3 is 0 Å². The number of benzene rings is 1. The minimum Gasteiger partial charge on any atom is -0.378 e. The van der Waals surface area contributed by atoms with Crippen molar-refractivity contribution in [2.24, 2.45) is 0 Å². The normalized spacial score (nSPS) is 11.4. The molecule has 6 nitrogen and oxygen atoms in total. The predicted octanol–water partition coefficient (Wildman–Crippen LogP) is 3.88. The summed E-state index contributed by atoms with van der Waals surface area (Å²) in [4.78, 5) is 9.81. The largest absolute Gasteiger partial charge is 0.378 e. The van der Waals surface area contributed by atoms with Crippen LogP contribution in [-0.4, -0.2) is 32.5 Å². The van der Waals surface area contributed by atoms with Crippen LogP contribution in [0.25, 0.3) is 32.9 Å². The number of aromatic nitrogens is 5. The highest BCUT2D eigenvalue weighted by atomic mass is 32.1. The Bertz CT molecular complexity index is 1110. The smallest absolute Gasteiger partial charge is 0.162 e. The van der Waals surface area contributed by atoms with E-state index >= 15 is 0 Å². The molecule has 0 spiro atoms. The Labute approximate surface area is 150 Å². The summed E-state index contributed by atoms with van der Waals surface area (Å²) in [6.07, 6.45) is 0. The Balaban J connectivity index is 1.83. The fourth-order valence-electron chi connectivity index (χ4n) is 2.71. The number of fused-ring (bicyclic) bond motifs is 1. The van der Waals surface area contributed by atoms with Crippen LogP contribution in [-0.2, 0) is 11.3 Å². The van der Waals surface area contributed by atoms with Gasteiger partial charge in [0.25, 0.3) is 0 Å². The van der Waals surface area contributed by atoms with E-state index < -0.39 is 11.6 Å². The van der Waals surface area contributed by atoms with E-state index in [0.29, 0.717) is 18.0 Å². The van der Waals surface area contributed by atoms with Crippen molar-refractivity contribution in [3.63, 3.8) is 0 Å². The lowest BCUT2D eigenvalue weighted by molar-refractivity contribution is 0.184. The van der Waals surface area contributed by atoms with Crippen molar-refractivity contribution in [2.75, 3.05) is 7.11 Å². The number of aryl methyl sites for hydroxylation is 1. The van der Waals surface area contributed by atoms with Crippen LogP contribution < -0.4 is 0 Å². The highest BCUT2D eigenvalue weighted by molar-refractivity contribution is 7.15. The van der Waals surface area contributed by atoms with E-state index in [0.717, 1.165) is 21.6 Å². The first-order chi connectivity index (χ1) is 12.6. The number of halogens is 2. The number of pyridine rings is 1. The fraction of sp³-hybridized carbons (Fsp3) is 0.176. The minimum atomic E-state index is -0.666. The SMILES string of the molecule is COCc1nc(C)c(-c2cccc(-c3cc(F)c4n[nH]nc4c3F)n2)s1. The molecule has 26 heavy (non-hydrogen) atoms. The summed E-state index contributed by atoms with van der Waals surface area (Å²) >= 11 is 1.46. The standard InChI is InChI=1S/C17H13F2N5OS/c1-8-17(26-13(20-8)7-25-2)12-5-3-4-11(21-12)9-6-10(18)15-16(14(9)19)23-24-22-15/h3-6H,7H2,1-2H3,(H,22,23,24). The van der Waals surface area contributed by atoms with Gasteiger partial charge in [0.05, 0.1) is 28.6 Å². The molecule has 0 aliphatic rings. The predicted molar refractivity (Wildman–Crippen MR) is 93.6 cm³/mol. The van der Waals surface area contributed by atoms with E-state index in [1.807, 2.05) is 13.0 Å². The third-order valence-corrected chi connectivity index (χ3v) is 5.01. The Morgan fingerprint density at radius 2 is 1.88 bits per heavy atom. The molecule has 0 aliphatic carbocycles. The number of hydrogen-bond acceptors (Lipinski definition) is 6. The number of methoxy groups -OCH3 is 1. The van der Waals surface area contributed by atoms with Gasteiger partial charge in [0.1, 0.15) is 5.01 Å². The summed E-state index contributed by atoms with van der Waals surface area (Å²) in [6, 6.07) is 6.27. The van der Waals surface area contributed by atoms with Gasteiger partial charge in [-0.2, -0.15) is 15.4 Å². The third-order valence-electron chi connectivity index (χ3n) is 3.86. The molecule has 9 heteroatoms. The summed E-state index contributed by atoms with van der Waals surface area (Å²) in [6.45, 7) is 2.29. The number of hydrogen-bond donors (Lipinski definition) is 1. The van der Waals surface area contributed by atoms with Gasteiger partial charge in [0.2, 0.25) is 0 Å². The second-order valence-corrected chi connectivity index (χ2v) is 6.69. The number of nitrogens with one attached hydrogen (secondary N) is 1. The van der Waals surface area contributed by atoms with Crippen molar-refractivity contribution in [1.29, 1.82) is 0 Å².